The molecule has 0 radical (unpaired) electrons. The molecule has 1 aromatic carbocycles. The fourth-order valence-corrected chi connectivity index (χ4v) is 2.68. The van der Waals surface area contributed by atoms with Crippen LogP contribution in [-0.2, 0) is 0 Å². The van der Waals surface area contributed by atoms with E-state index in [0.29, 0.717) is 31.0 Å². The van der Waals surface area contributed by atoms with Crippen molar-refractivity contribution in [2.45, 2.75) is 6.42 Å². The summed E-state index contributed by atoms with van der Waals surface area (Å²) in [5.41, 5.74) is 12.3. The minimum atomic E-state index is -0.556. The van der Waals surface area contributed by atoms with Crippen LogP contribution >= 0.6 is 11.6 Å². The molecule has 0 unspecified atom stereocenters. The zero-order valence-electron chi connectivity index (χ0n) is 11.3. The van der Waals surface area contributed by atoms with E-state index in [0.717, 1.165) is 19.5 Å². The molecule has 0 bridgehead atoms. The molecule has 1 heterocycles. The first kappa shape index (κ1) is 15.2. The number of anilines is 3. The average Bonchev–Trinajstić information content (AvgIpc) is 2.63. The Bertz CT molecular complexity index is 486. The van der Waals surface area contributed by atoms with Crippen LogP contribution in [0.2, 0.25) is 5.02 Å². The summed E-state index contributed by atoms with van der Waals surface area (Å²) in [5.74, 6) is -0.556. The van der Waals surface area contributed by atoms with Crippen molar-refractivity contribution >= 4 is 28.7 Å². The maximum atomic E-state index is 14.3. The summed E-state index contributed by atoms with van der Waals surface area (Å²) in [6.45, 7) is 3.73. The second-order valence-electron chi connectivity index (χ2n) is 4.94. The van der Waals surface area contributed by atoms with Crippen molar-refractivity contribution in [3.63, 3.8) is 0 Å². The third kappa shape index (κ3) is 3.08. The van der Waals surface area contributed by atoms with Crippen molar-refractivity contribution in [3.05, 3.63) is 16.9 Å². The summed E-state index contributed by atoms with van der Waals surface area (Å²) >= 11 is 5.87. The van der Waals surface area contributed by atoms with Gasteiger partial charge in [-0.2, -0.15) is 0 Å². The van der Waals surface area contributed by atoms with Gasteiger partial charge in [-0.25, -0.2) is 4.39 Å². The van der Waals surface area contributed by atoms with Crippen molar-refractivity contribution in [1.29, 1.82) is 0 Å². The summed E-state index contributed by atoms with van der Waals surface area (Å²) in [7, 11) is 0. The third-order valence-electron chi connectivity index (χ3n) is 3.56. The van der Waals surface area contributed by atoms with E-state index in [1.807, 2.05) is 4.90 Å². The SMILES string of the molecule is Nc1cc(N)c(N2CCCN(CCO)CC2)c(F)c1Cl. The maximum Gasteiger partial charge on any atom is 0.169 e. The lowest BCUT2D eigenvalue weighted by atomic mass is 10.2. The predicted molar refractivity (Wildman–Crippen MR) is 80.6 cm³/mol. The van der Waals surface area contributed by atoms with E-state index in [9.17, 15) is 4.39 Å². The van der Waals surface area contributed by atoms with Gasteiger partial charge in [0.2, 0.25) is 0 Å². The average molecular weight is 303 g/mol. The number of nitrogen functional groups attached to an aromatic ring is 2. The first-order valence-corrected chi connectivity index (χ1v) is 7.03. The van der Waals surface area contributed by atoms with Crippen LogP contribution in [0.1, 0.15) is 6.42 Å². The molecule has 0 spiro atoms. The lowest BCUT2D eigenvalue weighted by Crippen LogP contribution is -2.33. The number of aliphatic hydroxyl groups excluding tert-OH is 1. The number of halogens is 2. The van der Waals surface area contributed by atoms with E-state index in [2.05, 4.69) is 4.90 Å². The highest BCUT2D eigenvalue weighted by Gasteiger charge is 2.22. The van der Waals surface area contributed by atoms with Crippen molar-refractivity contribution in [1.82, 2.24) is 4.90 Å². The Kier molecular flexibility index (Phi) is 4.91. The largest absolute Gasteiger partial charge is 0.397 e. The molecule has 0 amide bonds. The van der Waals surface area contributed by atoms with E-state index in [1.54, 1.807) is 0 Å². The summed E-state index contributed by atoms with van der Waals surface area (Å²) in [5, 5.41) is 8.90. The van der Waals surface area contributed by atoms with Gasteiger partial charge in [0.1, 0.15) is 5.02 Å². The molecule has 0 atom stereocenters. The molecule has 20 heavy (non-hydrogen) atoms. The lowest BCUT2D eigenvalue weighted by molar-refractivity contribution is 0.204. The summed E-state index contributed by atoms with van der Waals surface area (Å²) in [4.78, 5) is 4.04. The molecule has 2 rings (SSSR count). The Morgan fingerprint density at radius 1 is 1.20 bits per heavy atom. The molecule has 0 aliphatic carbocycles. The second-order valence-corrected chi connectivity index (χ2v) is 5.32. The normalized spacial score (nSPS) is 17.2. The van der Waals surface area contributed by atoms with Gasteiger partial charge in [0.15, 0.2) is 5.82 Å². The summed E-state index contributed by atoms with van der Waals surface area (Å²) in [6.07, 6.45) is 0.876. The third-order valence-corrected chi connectivity index (χ3v) is 3.94. The van der Waals surface area contributed by atoms with E-state index in [-0.39, 0.29) is 17.3 Å². The highest BCUT2D eigenvalue weighted by Crippen LogP contribution is 2.36. The Hall–Kier alpha value is -1.24. The van der Waals surface area contributed by atoms with Gasteiger partial charge in [-0.05, 0) is 19.0 Å². The topological polar surface area (TPSA) is 78.8 Å². The Labute approximate surface area is 122 Å². The van der Waals surface area contributed by atoms with Crippen LogP contribution in [0.4, 0.5) is 21.5 Å². The molecule has 0 saturated carbocycles. The van der Waals surface area contributed by atoms with Gasteiger partial charge in [0.25, 0.3) is 0 Å². The molecule has 0 aromatic heterocycles. The number of hydrogen-bond donors (Lipinski definition) is 3. The molecular formula is C13H20ClFN4O. The van der Waals surface area contributed by atoms with Crippen LogP contribution in [0.5, 0.6) is 0 Å². The van der Waals surface area contributed by atoms with Crippen LogP contribution < -0.4 is 16.4 Å². The van der Waals surface area contributed by atoms with E-state index in [4.69, 9.17) is 28.2 Å². The Balaban J connectivity index is 2.22. The first-order chi connectivity index (χ1) is 9.54. The van der Waals surface area contributed by atoms with Gasteiger partial charge in [-0.1, -0.05) is 11.6 Å². The fourth-order valence-electron chi connectivity index (χ4n) is 2.54. The quantitative estimate of drug-likeness (QED) is 0.730. The minimum Gasteiger partial charge on any atom is -0.397 e. The Morgan fingerprint density at radius 2 is 1.95 bits per heavy atom. The number of β-amino-alcohol motifs (C(OH)–C–C–N with tert-alkyl or cyclic N) is 1. The monoisotopic (exact) mass is 302 g/mol. The number of rotatable bonds is 3. The van der Waals surface area contributed by atoms with E-state index < -0.39 is 5.82 Å². The van der Waals surface area contributed by atoms with Crippen molar-refractivity contribution in [2.75, 3.05) is 55.7 Å². The van der Waals surface area contributed by atoms with E-state index in [1.165, 1.54) is 6.07 Å². The van der Waals surface area contributed by atoms with Crippen LogP contribution in [0.3, 0.4) is 0 Å². The molecule has 1 aliphatic heterocycles. The van der Waals surface area contributed by atoms with Crippen LogP contribution in [0.15, 0.2) is 6.07 Å². The van der Waals surface area contributed by atoms with Crippen LogP contribution in [0.25, 0.3) is 0 Å². The molecule has 112 valence electrons. The first-order valence-electron chi connectivity index (χ1n) is 6.65. The van der Waals surface area contributed by atoms with Crippen molar-refractivity contribution < 1.29 is 9.50 Å². The fraction of sp³-hybridized carbons (Fsp3) is 0.538. The number of benzene rings is 1. The molecule has 1 saturated heterocycles. The van der Waals surface area contributed by atoms with Crippen LogP contribution in [-0.4, -0.2) is 49.3 Å². The van der Waals surface area contributed by atoms with Gasteiger partial charge in [0.05, 0.1) is 23.7 Å². The number of nitrogens with zero attached hydrogens (tertiary/aromatic N) is 2. The van der Waals surface area contributed by atoms with Gasteiger partial charge in [-0.15, -0.1) is 0 Å². The highest BCUT2D eigenvalue weighted by atomic mass is 35.5. The minimum absolute atomic E-state index is 0.0781. The molecular weight excluding hydrogens is 283 g/mol. The summed E-state index contributed by atoms with van der Waals surface area (Å²) < 4.78 is 14.3. The van der Waals surface area contributed by atoms with Crippen molar-refractivity contribution in [3.8, 4) is 0 Å². The molecule has 7 heteroatoms. The molecule has 1 aromatic rings. The van der Waals surface area contributed by atoms with Gasteiger partial charge >= 0.3 is 0 Å². The standard InChI is InChI=1S/C13H20ClFN4O/c14-11-9(16)8-10(17)13(12(11)15)19-3-1-2-18(4-5-19)6-7-20/h8,20H,1-7,16-17H2. The van der Waals surface area contributed by atoms with E-state index >= 15 is 0 Å². The zero-order valence-corrected chi connectivity index (χ0v) is 12.0. The smallest absolute Gasteiger partial charge is 0.169 e. The predicted octanol–water partition coefficient (Wildman–Crippen LogP) is 1.15. The lowest BCUT2D eigenvalue weighted by Gasteiger charge is -2.26. The zero-order chi connectivity index (χ0) is 14.7. The molecule has 1 aliphatic rings. The number of hydrogen-bond acceptors (Lipinski definition) is 5. The molecule has 1 fully saturated rings. The van der Waals surface area contributed by atoms with Gasteiger partial charge < -0.3 is 21.5 Å². The Morgan fingerprint density at radius 3 is 2.65 bits per heavy atom. The summed E-state index contributed by atoms with van der Waals surface area (Å²) in [6, 6.07) is 1.50. The number of nitrogens with two attached hydrogens (primary N) is 2. The van der Waals surface area contributed by atoms with Gasteiger partial charge in [0, 0.05) is 26.2 Å². The number of aliphatic hydroxyl groups is 1. The second kappa shape index (κ2) is 6.47. The van der Waals surface area contributed by atoms with Crippen molar-refractivity contribution in [2.24, 2.45) is 0 Å². The molecule has 5 N–H and O–H groups in total. The molecule has 5 nitrogen and oxygen atoms in total. The van der Waals surface area contributed by atoms with Crippen LogP contribution in [0, 0.1) is 5.82 Å². The maximum absolute atomic E-state index is 14.3. The van der Waals surface area contributed by atoms with Gasteiger partial charge in [-0.3, -0.25) is 4.90 Å². The highest BCUT2D eigenvalue weighted by molar-refractivity contribution is 6.33.